The summed E-state index contributed by atoms with van der Waals surface area (Å²) in [5, 5.41) is 6.24. The maximum absolute atomic E-state index is 13.7. The third kappa shape index (κ3) is 5.31. The molecule has 222 valence electrons. The second-order valence-corrected chi connectivity index (χ2v) is 11.2. The first-order valence-electron chi connectivity index (χ1n) is 15.0. The van der Waals surface area contributed by atoms with Crippen molar-refractivity contribution in [1.82, 2.24) is 30.6 Å². The number of nitrogens with two attached hydrogens (primary N) is 1. The first-order chi connectivity index (χ1) is 21.3. The van der Waals surface area contributed by atoms with E-state index in [0.717, 1.165) is 33.2 Å². The maximum atomic E-state index is 13.7. The van der Waals surface area contributed by atoms with E-state index >= 15 is 0 Å². The lowest BCUT2D eigenvalue weighted by Gasteiger charge is -2.31. The highest BCUT2D eigenvalue weighted by Gasteiger charge is 2.29. The summed E-state index contributed by atoms with van der Waals surface area (Å²) >= 11 is 0. The van der Waals surface area contributed by atoms with E-state index in [9.17, 15) is 9.59 Å². The van der Waals surface area contributed by atoms with Crippen LogP contribution in [0.1, 0.15) is 58.5 Å². The Hall–Kier alpha value is -5.02. The fraction of sp³-hybridized carbons (Fsp3) is 0.257. The Labute approximate surface area is 255 Å². The molecule has 0 aliphatic carbocycles. The third-order valence-electron chi connectivity index (χ3n) is 8.33. The molecule has 2 amide bonds. The molecule has 0 bridgehead atoms. The van der Waals surface area contributed by atoms with E-state index in [1.54, 1.807) is 12.1 Å². The lowest BCUT2D eigenvalue weighted by molar-refractivity contribution is 0.0909. The molecule has 2 heterocycles. The molecule has 0 spiro atoms. The Morgan fingerprint density at radius 1 is 0.591 bits per heavy atom. The van der Waals surface area contributed by atoms with Crippen molar-refractivity contribution in [3.8, 4) is 0 Å². The molecule has 0 saturated carbocycles. The van der Waals surface area contributed by atoms with Crippen molar-refractivity contribution in [1.29, 1.82) is 0 Å². The monoisotopic (exact) mass is 585 g/mol. The summed E-state index contributed by atoms with van der Waals surface area (Å²) in [4.78, 5) is 46.5. The number of nitrogens with zero attached hydrogens (tertiary/aromatic N) is 4. The molecule has 2 atom stereocenters. The maximum Gasteiger partial charge on any atom is 0.253 e. The van der Waals surface area contributed by atoms with Crippen molar-refractivity contribution in [2.45, 2.75) is 58.7 Å². The first-order valence-corrected chi connectivity index (χ1v) is 15.0. The highest BCUT2D eigenvalue weighted by molar-refractivity contribution is 6.08. The van der Waals surface area contributed by atoms with E-state index in [2.05, 4.69) is 10.6 Å². The van der Waals surface area contributed by atoms with Crippen LogP contribution in [0.5, 0.6) is 0 Å². The SMILES string of the molecule is CCC(NC(=O)c1ccc(C)c2nc3ccccc3nc12)C(N)C(CC)NC(=O)c1ccc(C)c2nc3ccccc3nc12. The van der Waals surface area contributed by atoms with Crippen LogP contribution < -0.4 is 16.4 Å². The van der Waals surface area contributed by atoms with Crippen molar-refractivity contribution in [2.75, 3.05) is 0 Å². The van der Waals surface area contributed by atoms with Crippen LogP contribution >= 0.6 is 0 Å². The van der Waals surface area contributed by atoms with Crippen molar-refractivity contribution < 1.29 is 9.59 Å². The molecule has 0 aliphatic rings. The largest absolute Gasteiger partial charge is 0.348 e. The molecule has 2 aromatic heterocycles. The molecule has 2 unspecified atom stereocenters. The fourth-order valence-corrected chi connectivity index (χ4v) is 5.74. The summed E-state index contributed by atoms with van der Waals surface area (Å²) in [5.74, 6) is -0.565. The van der Waals surface area contributed by atoms with Crippen molar-refractivity contribution >= 4 is 55.9 Å². The van der Waals surface area contributed by atoms with E-state index < -0.39 is 18.1 Å². The molecule has 4 aromatic carbocycles. The number of para-hydroxylation sites is 4. The van der Waals surface area contributed by atoms with Gasteiger partial charge in [0, 0.05) is 18.1 Å². The Kier molecular flexibility index (Phi) is 7.88. The van der Waals surface area contributed by atoms with Gasteiger partial charge in [-0.15, -0.1) is 0 Å². The van der Waals surface area contributed by atoms with Gasteiger partial charge in [0.2, 0.25) is 0 Å². The predicted octanol–water partition coefficient (Wildman–Crippen LogP) is 5.54. The minimum absolute atomic E-state index is 0.283. The number of rotatable bonds is 8. The smallest absolute Gasteiger partial charge is 0.253 e. The summed E-state index contributed by atoms with van der Waals surface area (Å²) in [6, 6.07) is 21.2. The molecule has 4 N–H and O–H groups in total. The van der Waals surface area contributed by atoms with E-state index in [-0.39, 0.29) is 11.8 Å². The minimum Gasteiger partial charge on any atom is -0.348 e. The number of aryl methyl sites for hydroxylation is 2. The van der Waals surface area contributed by atoms with Crippen molar-refractivity contribution in [3.63, 3.8) is 0 Å². The summed E-state index contributed by atoms with van der Waals surface area (Å²) < 4.78 is 0. The molecular formula is C35H35N7O2. The Morgan fingerprint density at radius 2 is 0.932 bits per heavy atom. The van der Waals surface area contributed by atoms with Crippen LogP contribution in [0.4, 0.5) is 0 Å². The predicted molar refractivity (Wildman–Crippen MR) is 175 cm³/mol. The average Bonchev–Trinajstić information content (AvgIpc) is 3.04. The molecular weight excluding hydrogens is 550 g/mol. The number of hydrogen-bond acceptors (Lipinski definition) is 7. The van der Waals surface area contributed by atoms with Crippen LogP contribution in [-0.2, 0) is 0 Å². The highest BCUT2D eigenvalue weighted by atomic mass is 16.2. The molecule has 9 nitrogen and oxygen atoms in total. The second kappa shape index (κ2) is 11.9. The number of aromatic nitrogens is 4. The normalized spacial score (nSPS) is 13.7. The number of carbonyl (C=O) groups is 2. The number of carbonyl (C=O) groups excluding carboxylic acids is 2. The van der Waals surface area contributed by atoms with Gasteiger partial charge in [0.1, 0.15) is 11.0 Å². The topological polar surface area (TPSA) is 136 Å². The van der Waals surface area contributed by atoms with Gasteiger partial charge in [-0.05, 0) is 74.2 Å². The van der Waals surface area contributed by atoms with Gasteiger partial charge in [-0.25, -0.2) is 19.9 Å². The van der Waals surface area contributed by atoms with Crippen LogP contribution in [0.2, 0.25) is 0 Å². The average molecular weight is 586 g/mol. The minimum atomic E-state index is -0.551. The molecule has 0 saturated heterocycles. The van der Waals surface area contributed by atoms with Gasteiger partial charge in [-0.3, -0.25) is 9.59 Å². The quantitative estimate of drug-likeness (QED) is 0.200. The van der Waals surface area contributed by atoms with Gasteiger partial charge in [0.05, 0.1) is 44.2 Å². The standard InChI is InChI=1S/C35H35N7O2/c1-5-23(41-34(43)21-17-15-19(3)30-32(21)39-27-13-9-7-11-25(27)37-30)29(36)24(6-2)42-35(44)22-18-16-20(4)31-33(22)40-28-14-10-8-12-26(28)38-31/h7-18,23-24,29H,5-6,36H2,1-4H3,(H,41,43)(H,42,44). The zero-order valence-electron chi connectivity index (χ0n) is 25.3. The van der Waals surface area contributed by atoms with Gasteiger partial charge >= 0.3 is 0 Å². The summed E-state index contributed by atoms with van der Waals surface area (Å²) in [7, 11) is 0. The molecule has 6 rings (SSSR count). The van der Waals surface area contributed by atoms with Crippen molar-refractivity contribution in [2.24, 2.45) is 5.73 Å². The van der Waals surface area contributed by atoms with E-state index in [4.69, 9.17) is 25.7 Å². The van der Waals surface area contributed by atoms with Crippen LogP contribution in [0.25, 0.3) is 44.1 Å². The van der Waals surface area contributed by atoms with E-state index in [0.29, 0.717) is 46.0 Å². The summed E-state index contributed by atoms with van der Waals surface area (Å²) in [5.41, 5.74) is 15.0. The molecule has 0 radical (unpaired) electrons. The van der Waals surface area contributed by atoms with Crippen LogP contribution in [-0.4, -0.2) is 49.9 Å². The molecule has 0 aliphatic heterocycles. The Morgan fingerprint density at radius 3 is 1.27 bits per heavy atom. The number of hydrogen-bond donors (Lipinski definition) is 3. The zero-order valence-corrected chi connectivity index (χ0v) is 25.3. The number of fused-ring (bicyclic) bond motifs is 4. The van der Waals surface area contributed by atoms with Gasteiger partial charge in [0.25, 0.3) is 11.8 Å². The first kappa shape index (κ1) is 29.1. The fourth-order valence-electron chi connectivity index (χ4n) is 5.74. The molecule has 44 heavy (non-hydrogen) atoms. The number of amides is 2. The van der Waals surface area contributed by atoms with E-state index in [1.165, 1.54) is 0 Å². The van der Waals surface area contributed by atoms with Gasteiger partial charge in [0.15, 0.2) is 0 Å². The van der Waals surface area contributed by atoms with Crippen LogP contribution in [0.3, 0.4) is 0 Å². The number of nitrogens with one attached hydrogen (secondary N) is 2. The second-order valence-electron chi connectivity index (χ2n) is 11.2. The van der Waals surface area contributed by atoms with Crippen LogP contribution in [0.15, 0.2) is 72.8 Å². The lowest BCUT2D eigenvalue weighted by Crippen LogP contribution is -2.58. The zero-order chi connectivity index (χ0) is 31.0. The number of benzene rings is 4. The summed E-state index contributed by atoms with van der Waals surface area (Å²) in [6.45, 7) is 7.85. The Balaban J connectivity index is 1.25. The van der Waals surface area contributed by atoms with Gasteiger partial charge in [-0.2, -0.15) is 0 Å². The Bertz CT molecular complexity index is 1910. The molecule has 6 aromatic rings. The molecule has 0 fully saturated rings. The van der Waals surface area contributed by atoms with Gasteiger partial charge < -0.3 is 16.4 Å². The van der Waals surface area contributed by atoms with Crippen molar-refractivity contribution in [3.05, 3.63) is 95.1 Å². The van der Waals surface area contributed by atoms with Crippen LogP contribution in [0, 0.1) is 13.8 Å². The summed E-state index contributed by atoms with van der Waals surface area (Å²) in [6.07, 6.45) is 1.14. The highest BCUT2D eigenvalue weighted by Crippen LogP contribution is 2.24. The lowest BCUT2D eigenvalue weighted by atomic mass is 9.95. The third-order valence-corrected chi connectivity index (χ3v) is 8.33. The van der Waals surface area contributed by atoms with E-state index in [1.807, 2.05) is 88.4 Å². The molecule has 9 heteroatoms. The van der Waals surface area contributed by atoms with Gasteiger partial charge in [-0.1, -0.05) is 50.2 Å².